The summed E-state index contributed by atoms with van der Waals surface area (Å²) in [6, 6.07) is 8.38. The van der Waals surface area contributed by atoms with E-state index in [4.69, 9.17) is 10.5 Å². The van der Waals surface area contributed by atoms with Gasteiger partial charge >= 0.3 is 0 Å². The average Bonchev–Trinajstić information content (AvgIpc) is 3.49. The molecule has 7 nitrogen and oxygen atoms in total. The Morgan fingerprint density at radius 2 is 1.83 bits per heavy atom. The van der Waals surface area contributed by atoms with Crippen LogP contribution in [0, 0.1) is 0 Å². The van der Waals surface area contributed by atoms with E-state index in [1.165, 1.54) is 31.5 Å². The van der Waals surface area contributed by atoms with Gasteiger partial charge in [0.25, 0.3) is 0 Å². The fourth-order valence-electron chi connectivity index (χ4n) is 3.95. The lowest BCUT2D eigenvalue weighted by Crippen LogP contribution is -2.51. The molecule has 2 aliphatic rings. The summed E-state index contributed by atoms with van der Waals surface area (Å²) in [6.07, 6.45) is 5.39. The zero-order valence-corrected chi connectivity index (χ0v) is 18.4. The summed E-state index contributed by atoms with van der Waals surface area (Å²) in [5.74, 6) is 1.59. The molecule has 0 atom stereocenters. The topological polar surface area (TPSA) is 70.2 Å². The summed E-state index contributed by atoms with van der Waals surface area (Å²) >= 11 is 1.69. The smallest absolute Gasteiger partial charge is 0.191 e. The van der Waals surface area contributed by atoms with Gasteiger partial charge in [-0.05, 0) is 50.0 Å². The van der Waals surface area contributed by atoms with Gasteiger partial charge in [0, 0.05) is 50.8 Å². The number of hydrogen-bond donors (Lipinski definition) is 1. The Hall–Kier alpha value is -2.32. The number of piperazine rings is 1. The number of aromatic nitrogens is 1. The van der Waals surface area contributed by atoms with Crippen LogP contribution in [0.5, 0.6) is 5.75 Å². The summed E-state index contributed by atoms with van der Waals surface area (Å²) in [5.41, 5.74) is 7.48. The molecule has 2 aromatic rings. The van der Waals surface area contributed by atoms with Crippen LogP contribution in [0.25, 0.3) is 0 Å². The third kappa shape index (κ3) is 5.86. The van der Waals surface area contributed by atoms with E-state index < -0.39 is 0 Å². The van der Waals surface area contributed by atoms with E-state index in [-0.39, 0.29) is 0 Å². The standard InChI is InChI=1S/C22H32N6OS/c23-21(27-12-14-28(15-13-27)22-25-9-18-30-22)24-8-7-19-3-5-20(6-4-19)29-17-16-26-10-1-2-11-26/h3-6,9,18H,1-2,7-8,10-17H2,(H2,23,24). The summed E-state index contributed by atoms with van der Waals surface area (Å²) in [6.45, 7) is 8.56. The Bertz CT molecular complexity index is 780. The number of anilines is 1. The zero-order valence-electron chi connectivity index (χ0n) is 17.6. The van der Waals surface area contributed by atoms with Gasteiger partial charge in [-0.15, -0.1) is 11.3 Å². The Kier molecular flexibility index (Phi) is 7.42. The van der Waals surface area contributed by atoms with Crippen LogP contribution in [0.4, 0.5) is 5.13 Å². The van der Waals surface area contributed by atoms with Crippen molar-refractivity contribution in [2.45, 2.75) is 19.3 Å². The van der Waals surface area contributed by atoms with Gasteiger partial charge in [0.15, 0.2) is 11.1 Å². The molecular weight excluding hydrogens is 396 g/mol. The molecule has 162 valence electrons. The third-order valence-electron chi connectivity index (χ3n) is 5.77. The monoisotopic (exact) mass is 428 g/mol. The number of likely N-dealkylation sites (tertiary alicyclic amines) is 1. The van der Waals surface area contributed by atoms with Gasteiger partial charge in [0.2, 0.25) is 0 Å². The van der Waals surface area contributed by atoms with Crippen LogP contribution < -0.4 is 15.4 Å². The van der Waals surface area contributed by atoms with Crippen LogP contribution in [0.2, 0.25) is 0 Å². The molecule has 2 saturated heterocycles. The molecule has 0 unspecified atom stereocenters. The van der Waals surface area contributed by atoms with Crippen LogP contribution >= 0.6 is 11.3 Å². The highest BCUT2D eigenvalue weighted by Gasteiger charge is 2.19. The number of ether oxygens (including phenoxy) is 1. The van der Waals surface area contributed by atoms with E-state index in [1.54, 1.807) is 11.3 Å². The predicted molar refractivity (Wildman–Crippen MR) is 124 cm³/mol. The van der Waals surface area contributed by atoms with E-state index in [1.807, 2.05) is 11.6 Å². The van der Waals surface area contributed by atoms with Crippen LogP contribution in [-0.4, -0.2) is 79.7 Å². The number of benzene rings is 1. The number of nitrogens with zero attached hydrogens (tertiary/aromatic N) is 5. The second-order valence-electron chi connectivity index (χ2n) is 7.82. The Morgan fingerprint density at radius 1 is 1.07 bits per heavy atom. The molecule has 30 heavy (non-hydrogen) atoms. The number of hydrogen-bond acceptors (Lipinski definition) is 6. The quantitative estimate of drug-likeness (QED) is 0.514. The Balaban J connectivity index is 1.16. The van der Waals surface area contributed by atoms with E-state index in [0.717, 1.165) is 56.6 Å². The Labute approximate surface area is 183 Å². The molecule has 0 spiro atoms. The fraction of sp³-hybridized carbons (Fsp3) is 0.545. The molecule has 4 rings (SSSR count). The van der Waals surface area contributed by atoms with Crippen LogP contribution in [0.1, 0.15) is 18.4 Å². The van der Waals surface area contributed by atoms with Crippen molar-refractivity contribution in [3.8, 4) is 5.75 Å². The van der Waals surface area contributed by atoms with Gasteiger partial charge in [0.1, 0.15) is 12.4 Å². The molecule has 3 heterocycles. The molecule has 0 saturated carbocycles. The maximum absolute atomic E-state index is 6.23. The molecule has 8 heteroatoms. The third-order valence-corrected chi connectivity index (χ3v) is 6.60. The number of nitrogens with two attached hydrogens (primary N) is 1. The molecule has 0 amide bonds. The average molecular weight is 429 g/mol. The van der Waals surface area contributed by atoms with Crippen LogP contribution in [0.3, 0.4) is 0 Å². The van der Waals surface area contributed by atoms with Crippen LogP contribution in [0.15, 0.2) is 40.8 Å². The van der Waals surface area contributed by atoms with Crippen LogP contribution in [-0.2, 0) is 6.42 Å². The summed E-state index contributed by atoms with van der Waals surface area (Å²) < 4.78 is 5.88. The zero-order chi connectivity index (χ0) is 20.6. The molecular formula is C22H32N6OS. The first-order valence-corrected chi connectivity index (χ1v) is 11.8. The van der Waals surface area contributed by atoms with Crippen molar-refractivity contribution in [2.24, 2.45) is 10.7 Å². The van der Waals surface area contributed by atoms with Gasteiger partial charge < -0.3 is 20.3 Å². The minimum absolute atomic E-state index is 0.649. The summed E-state index contributed by atoms with van der Waals surface area (Å²) in [5, 5.41) is 3.11. The fourth-order valence-corrected chi connectivity index (χ4v) is 4.65. The van der Waals surface area contributed by atoms with E-state index in [0.29, 0.717) is 12.5 Å². The molecule has 1 aromatic carbocycles. The summed E-state index contributed by atoms with van der Waals surface area (Å²) in [7, 11) is 0. The van der Waals surface area contributed by atoms with E-state index in [2.05, 4.69) is 48.9 Å². The molecule has 2 N–H and O–H groups in total. The second kappa shape index (κ2) is 10.6. The predicted octanol–water partition coefficient (Wildman–Crippen LogP) is 2.30. The molecule has 2 aliphatic heterocycles. The highest BCUT2D eigenvalue weighted by molar-refractivity contribution is 7.13. The largest absolute Gasteiger partial charge is 0.492 e. The highest BCUT2D eigenvalue weighted by atomic mass is 32.1. The normalized spacial score (nSPS) is 18.2. The maximum atomic E-state index is 6.23. The van der Waals surface area contributed by atoms with Crippen molar-refractivity contribution in [3.63, 3.8) is 0 Å². The van der Waals surface area contributed by atoms with Crippen molar-refractivity contribution < 1.29 is 4.74 Å². The lowest BCUT2D eigenvalue weighted by atomic mass is 10.1. The molecule has 0 bridgehead atoms. The van der Waals surface area contributed by atoms with Crippen molar-refractivity contribution >= 4 is 22.4 Å². The van der Waals surface area contributed by atoms with Crippen molar-refractivity contribution in [3.05, 3.63) is 41.4 Å². The number of guanidine groups is 1. The highest BCUT2D eigenvalue weighted by Crippen LogP contribution is 2.19. The number of thiazole rings is 1. The number of rotatable bonds is 8. The minimum Gasteiger partial charge on any atom is -0.492 e. The SMILES string of the molecule is NC(=NCCc1ccc(OCCN2CCCC2)cc1)N1CCN(c2nccs2)CC1. The van der Waals surface area contributed by atoms with Crippen molar-refractivity contribution in [1.82, 2.24) is 14.8 Å². The van der Waals surface area contributed by atoms with Crippen molar-refractivity contribution in [1.29, 1.82) is 0 Å². The van der Waals surface area contributed by atoms with Gasteiger partial charge in [-0.25, -0.2) is 4.98 Å². The van der Waals surface area contributed by atoms with Crippen molar-refractivity contribution in [2.75, 3.05) is 63.9 Å². The van der Waals surface area contributed by atoms with Gasteiger partial charge in [-0.3, -0.25) is 9.89 Å². The van der Waals surface area contributed by atoms with Gasteiger partial charge in [0.05, 0.1) is 0 Å². The maximum Gasteiger partial charge on any atom is 0.191 e. The van der Waals surface area contributed by atoms with E-state index in [9.17, 15) is 0 Å². The van der Waals surface area contributed by atoms with Gasteiger partial charge in [-0.2, -0.15) is 0 Å². The first kappa shape index (κ1) is 20.9. The molecule has 1 aromatic heterocycles. The second-order valence-corrected chi connectivity index (χ2v) is 8.69. The molecule has 0 radical (unpaired) electrons. The first-order chi connectivity index (χ1) is 14.8. The lowest BCUT2D eigenvalue weighted by molar-refractivity contribution is 0.238. The summed E-state index contributed by atoms with van der Waals surface area (Å²) in [4.78, 5) is 15.9. The molecule has 2 fully saturated rings. The van der Waals surface area contributed by atoms with E-state index >= 15 is 0 Å². The lowest BCUT2D eigenvalue weighted by Gasteiger charge is -2.35. The number of aliphatic imine (C=N–C) groups is 1. The first-order valence-electron chi connectivity index (χ1n) is 10.9. The molecule has 0 aliphatic carbocycles. The Morgan fingerprint density at radius 3 is 2.53 bits per heavy atom. The van der Waals surface area contributed by atoms with Gasteiger partial charge in [-0.1, -0.05) is 12.1 Å². The minimum atomic E-state index is 0.649.